The zero-order valence-electron chi connectivity index (χ0n) is 24.7. The molecule has 194 valence electrons. The Kier molecular flexibility index (Phi) is 9.14. The van der Waals surface area contributed by atoms with E-state index in [2.05, 4.69) is 142 Å². The second kappa shape index (κ2) is 11.2. The third-order valence-electron chi connectivity index (χ3n) is 7.16. The fourth-order valence-corrected chi connectivity index (χ4v) is 12.8. The van der Waals surface area contributed by atoms with Gasteiger partial charge in [-0.15, -0.1) is 0 Å². The van der Waals surface area contributed by atoms with Crippen molar-refractivity contribution in [2.75, 3.05) is 0 Å². The lowest BCUT2D eigenvalue weighted by Gasteiger charge is -2.42. The van der Waals surface area contributed by atoms with Crippen molar-refractivity contribution in [3.8, 4) is 0 Å². The number of aryl methyl sites for hydroxylation is 2. The molecule has 0 saturated heterocycles. The lowest BCUT2D eigenvalue weighted by atomic mass is 10.1. The maximum Gasteiger partial charge on any atom is 0.0776 e. The molecule has 0 radical (unpaired) electrons. The van der Waals surface area contributed by atoms with Gasteiger partial charge in [-0.25, -0.2) is 0 Å². The number of hydrogen-bond donors (Lipinski definition) is 0. The Morgan fingerprint density at radius 1 is 0.611 bits per heavy atom. The predicted octanol–water partition coefficient (Wildman–Crippen LogP) is 9.06. The molecule has 3 heteroatoms. The van der Waals surface area contributed by atoms with Gasteiger partial charge in [0, 0.05) is 6.16 Å². The summed E-state index contributed by atoms with van der Waals surface area (Å²) in [6.07, 6.45) is 2.32. The van der Waals surface area contributed by atoms with E-state index in [4.69, 9.17) is 0 Å². The molecular formula is C33H48P2Si. The first-order chi connectivity index (χ1) is 16.6. The average Bonchev–Trinajstić information content (AvgIpc) is 2.75. The highest BCUT2D eigenvalue weighted by molar-refractivity contribution is 7.72. The molecule has 36 heavy (non-hydrogen) atoms. The fourth-order valence-electron chi connectivity index (χ4n) is 5.25. The third-order valence-corrected chi connectivity index (χ3v) is 15.9. The van der Waals surface area contributed by atoms with E-state index in [0.717, 1.165) is 6.16 Å². The molecule has 0 amide bonds. The van der Waals surface area contributed by atoms with Crippen LogP contribution in [0.25, 0.3) is 0 Å². The van der Waals surface area contributed by atoms with Crippen molar-refractivity contribution in [3.05, 3.63) is 89.0 Å². The van der Waals surface area contributed by atoms with Gasteiger partial charge in [-0.05, 0) is 71.1 Å². The van der Waals surface area contributed by atoms with Gasteiger partial charge in [0.15, 0.2) is 0 Å². The van der Waals surface area contributed by atoms with Crippen molar-refractivity contribution in [2.24, 2.45) is 0 Å². The average molecular weight is 535 g/mol. The summed E-state index contributed by atoms with van der Waals surface area (Å²) in [5.41, 5.74) is 6.01. The van der Waals surface area contributed by atoms with Crippen LogP contribution in [0.4, 0.5) is 0 Å². The van der Waals surface area contributed by atoms with Crippen LogP contribution in [-0.4, -0.2) is 18.4 Å². The van der Waals surface area contributed by atoms with Gasteiger partial charge in [0.05, 0.1) is 8.07 Å². The van der Waals surface area contributed by atoms with Gasteiger partial charge in [0.1, 0.15) is 0 Å². The summed E-state index contributed by atoms with van der Waals surface area (Å²) < 4.78 is 0. The van der Waals surface area contributed by atoms with E-state index in [9.17, 15) is 0 Å². The van der Waals surface area contributed by atoms with Crippen LogP contribution in [0.2, 0.25) is 19.6 Å². The molecule has 0 bridgehead atoms. The largest absolute Gasteiger partial charge is 0.0911 e. The van der Waals surface area contributed by atoms with Gasteiger partial charge < -0.3 is 0 Å². The molecule has 0 N–H and O–H groups in total. The molecule has 0 spiro atoms. The molecule has 0 heterocycles. The normalized spacial score (nSPS) is 13.0. The highest BCUT2D eigenvalue weighted by Gasteiger charge is 2.35. The first-order valence-corrected chi connectivity index (χ1v) is 19.9. The van der Waals surface area contributed by atoms with E-state index in [0.29, 0.717) is 10.3 Å². The van der Waals surface area contributed by atoms with Crippen molar-refractivity contribution in [2.45, 2.75) is 97.7 Å². The van der Waals surface area contributed by atoms with Gasteiger partial charge in [-0.2, -0.15) is 0 Å². The Balaban J connectivity index is 2.19. The summed E-state index contributed by atoms with van der Waals surface area (Å²) >= 11 is 0. The van der Waals surface area contributed by atoms with Gasteiger partial charge in [0.25, 0.3) is 0 Å². The number of rotatable bonds is 7. The molecule has 0 fully saturated rings. The van der Waals surface area contributed by atoms with Crippen LogP contribution in [0.15, 0.2) is 66.7 Å². The Morgan fingerprint density at radius 2 is 1.08 bits per heavy atom. The molecule has 0 aliphatic rings. The van der Waals surface area contributed by atoms with Crippen molar-refractivity contribution < 1.29 is 0 Å². The molecule has 0 aliphatic carbocycles. The number of hydrogen-bond acceptors (Lipinski definition) is 0. The summed E-state index contributed by atoms with van der Waals surface area (Å²) in [6, 6.07) is 25.8. The standard InChI is InChI=1S/C33H48P2Si/c1-25-16-12-14-18-30(25)34(31-19-15-13-17-26(31)2)23-28-22-29(36(9,10)11)21-20-27(28)24-35(32(3,4)5)33(6,7)8/h12-22H,23-24H2,1-11H3. The Labute approximate surface area is 225 Å². The first kappa shape index (κ1) is 29.3. The first-order valence-electron chi connectivity index (χ1n) is 13.4. The molecule has 0 aromatic heterocycles. The molecule has 0 atom stereocenters. The van der Waals surface area contributed by atoms with Crippen molar-refractivity contribution in [1.82, 2.24) is 0 Å². The van der Waals surface area contributed by atoms with Crippen LogP contribution in [0, 0.1) is 13.8 Å². The second-order valence-electron chi connectivity index (χ2n) is 13.3. The molecular weight excluding hydrogens is 486 g/mol. The summed E-state index contributed by atoms with van der Waals surface area (Å²) in [5.74, 6) is 0. The van der Waals surface area contributed by atoms with E-state index in [1.54, 1.807) is 16.3 Å². The van der Waals surface area contributed by atoms with Crippen LogP contribution in [-0.2, 0) is 12.3 Å². The Morgan fingerprint density at radius 3 is 1.50 bits per heavy atom. The summed E-state index contributed by atoms with van der Waals surface area (Å²) in [6.45, 7) is 26.7. The minimum Gasteiger partial charge on any atom is -0.0911 e. The van der Waals surface area contributed by atoms with Gasteiger partial charge in [-0.3, -0.25) is 0 Å². The highest BCUT2D eigenvalue weighted by Crippen LogP contribution is 2.61. The van der Waals surface area contributed by atoms with Crippen LogP contribution >= 0.6 is 15.8 Å². The molecule has 0 unspecified atom stereocenters. The van der Waals surface area contributed by atoms with E-state index in [1.807, 2.05) is 0 Å². The zero-order valence-corrected chi connectivity index (χ0v) is 27.4. The molecule has 3 aromatic carbocycles. The van der Waals surface area contributed by atoms with Crippen LogP contribution in [0.5, 0.6) is 0 Å². The molecule has 0 nitrogen and oxygen atoms in total. The molecule has 3 aromatic rings. The van der Waals surface area contributed by atoms with E-state index < -0.39 is 16.0 Å². The SMILES string of the molecule is Cc1ccccc1P(Cc1cc([Si](C)(C)C)ccc1CP(C(C)(C)C)C(C)(C)C)c1ccccc1C. The molecule has 0 aliphatic heterocycles. The highest BCUT2D eigenvalue weighted by atomic mass is 31.1. The van der Waals surface area contributed by atoms with Crippen LogP contribution in [0.1, 0.15) is 63.8 Å². The summed E-state index contributed by atoms with van der Waals surface area (Å²) in [4.78, 5) is 0. The van der Waals surface area contributed by atoms with E-state index in [1.165, 1.54) is 27.9 Å². The lowest BCUT2D eigenvalue weighted by molar-refractivity contribution is 0.702. The molecule has 0 saturated carbocycles. The Bertz CT molecular complexity index is 1120. The van der Waals surface area contributed by atoms with Crippen molar-refractivity contribution >= 4 is 39.7 Å². The van der Waals surface area contributed by atoms with Gasteiger partial charge >= 0.3 is 0 Å². The smallest absolute Gasteiger partial charge is 0.0776 e. The Hall–Kier alpha value is -1.26. The van der Waals surface area contributed by atoms with Crippen LogP contribution in [0.3, 0.4) is 0 Å². The van der Waals surface area contributed by atoms with Crippen molar-refractivity contribution in [1.29, 1.82) is 0 Å². The minimum atomic E-state index is -1.42. The monoisotopic (exact) mass is 534 g/mol. The van der Waals surface area contributed by atoms with Crippen LogP contribution < -0.4 is 15.8 Å². The maximum absolute atomic E-state index is 2.62. The molecule has 3 rings (SSSR count). The quantitative estimate of drug-likeness (QED) is 0.209. The topological polar surface area (TPSA) is 0 Å². The predicted molar refractivity (Wildman–Crippen MR) is 172 cm³/mol. The van der Waals surface area contributed by atoms with Gasteiger partial charge in [0.2, 0.25) is 0 Å². The van der Waals surface area contributed by atoms with E-state index >= 15 is 0 Å². The summed E-state index contributed by atoms with van der Waals surface area (Å²) in [5, 5.41) is 5.28. The van der Waals surface area contributed by atoms with Crippen molar-refractivity contribution in [3.63, 3.8) is 0 Å². The summed E-state index contributed by atoms with van der Waals surface area (Å²) in [7, 11) is -2.11. The zero-order chi connectivity index (χ0) is 26.9. The maximum atomic E-state index is 2.62. The lowest BCUT2D eigenvalue weighted by Crippen LogP contribution is -2.38. The minimum absolute atomic E-state index is 0.200. The van der Waals surface area contributed by atoms with Gasteiger partial charge in [-0.1, -0.05) is 141 Å². The van der Waals surface area contributed by atoms with E-state index in [-0.39, 0.29) is 7.92 Å². The number of benzene rings is 3. The fraction of sp³-hybridized carbons (Fsp3) is 0.455. The second-order valence-corrected chi connectivity index (χ2v) is 24.4. The third kappa shape index (κ3) is 7.19.